The van der Waals surface area contributed by atoms with Gasteiger partial charge in [0, 0.05) is 25.7 Å². The number of carbonyl (C=O) groups excluding carboxylic acids is 4. The molecule has 4 unspecified atom stereocenters. The van der Waals surface area contributed by atoms with Gasteiger partial charge in [-0.3, -0.25) is 37.3 Å². The number of hydrogen-bond acceptors (Lipinski definition) is 15. The van der Waals surface area contributed by atoms with Crippen LogP contribution in [-0.2, 0) is 65.4 Å². The summed E-state index contributed by atoms with van der Waals surface area (Å²) in [7, 11) is -9.93. The van der Waals surface area contributed by atoms with Crippen molar-refractivity contribution in [1.29, 1.82) is 0 Å². The van der Waals surface area contributed by atoms with Gasteiger partial charge in [-0.15, -0.1) is 0 Å². The van der Waals surface area contributed by atoms with Crippen molar-refractivity contribution >= 4 is 39.5 Å². The molecule has 0 radical (unpaired) electrons. The number of phosphoric acid groups is 2. The van der Waals surface area contributed by atoms with Crippen LogP contribution in [0.25, 0.3) is 0 Å². The molecule has 19 heteroatoms. The molecule has 17 nitrogen and oxygen atoms in total. The van der Waals surface area contributed by atoms with Crippen LogP contribution in [0.5, 0.6) is 0 Å². The van der Waals surface area contributed by atoms with Crippen molar-refractivity contribution in [1.82, 2.24) is 0 Å². The van der Waals surface area contributed by atoms with Gasteiger partial charge in [0.05, 0.1) is 26.4 Å². The molecule has 642 valence electrons. The molecule has 0 amide bonds. The topological polar surface area (TPSA) is 237 Å². The van der Waals surface area contributed by atoms with E-state index < -0.39 is 97.5 Å². The summed E-state index contributed by atoms with van der Waals surface area (Å²) >= 11 is 0. The molecular weight excluding hydrogens is 1400 g/mol. The van der Waals surface area contributed by atoms with Gasteiger partial charge in [0.25, 0.3) is 0 Å². The van der Waals surface area contributed by atoms with E-state index in [1.807, 2.05) is 0 Å². The van der Waals surface area contributed by atoms with E-state index in [4.69, 9.17) is 37.0 Å². The number of carbonyl (C=O) groups is 4. The summed E-state index contributed by atoms with van der Waals surface area (Å²) in [6, 6.07) is 0. The molecule has 0 rings (SSSR count). The molecule has 0 saturated carbocycles. The zero-order chi connectivity index (χ0) is 79.3. The molecule has 0 fully saturated rings. The maximum atomic E-state index is 13.2. The van der Waals surface area contributed by atoms with Gasteiger partial charge in [-0.1, -0.05) is 421 Å². The molecule has 7 atom stereocenters. The molecule has 0 bridgehead atoms. The Hall–Kier alpha value is -1.94. The average Bonchev–Trinajstić information content (AvgIpc) is 0.896. The first-order valence-electron chi connectivity index (χ1n) is 45.9. The van der Waals surface area contributed by atoms with Crippen molar-refractivity contribution < 1.29 is 80.2 Å². The summed E-state index contributed by atoms with van der Waals surface area (Å²) < 4.78 is 69.0. The number of aliphatic hydroxyl groups is 1. The first-order chi connectivity index (χ1) is 52.3. The van der Waals surface area contributed by atoms with Crippen LogP contribution >= 0.6 is 15.6 Å². The minimum Gasteiger partial charge on any atom is -0.462 e. The summed E-state index contributed by atoms with van der Waals surface area (Å²) in [5.74, 6) is 0.320. The van der Waals surface area contributed by atoms with Crippen molar-refractivity contribution in [2.24, 2.45) is 17.8 Å². The lowest BCUT2D eigenvalue weighted by Gasteiger charge is -2.21. The van der Waals surface area contributed by atoms with Crippen molar-refractivity contribution in [2.75, 3.05) is 39.6 Å². The third kappa shape index (κ3) is 79.3. The first-order valence-corrected chi connectivity index (χ1v) is 48.9. The smallest absolute Gasteiger partial charge is 0.462 e. The summed E-state index contributed by atoms with van der Waals surface area (Å²) in [6.45, 7) is 12.1. The predicted molar refractivity (Wildman–Crippen MR) is 446 cm³/mol. The molecule has 0 aromatic heterocycles. The third-order valence-corrected chi connectivity index (χ3v) is 23.5. The Morgan fingerprint density at radius 2 is 0.472 bits per heavy atom. The molecule has 0 heterocycles. The zero-order valence-corrected chi connectivity index (χ0v) is 73.1. The molecular formula is C89H174O17P2. The van der Waals surface area contributed by atoms with Crippen LogP contribution in [0, 0.1) is 17.8 Å². The summed E-state index contributed by atoms with van der Waals surface area (Å²) in [6.07, 6.45) is 70.8. The Morgan fingerprint density at radius 3 is 0.704 bits per heavy atom. The Bertz CT molecular complexity index is 2080. The van der Waals surface area contributed by atoms with Gasteiger partial charge >= 0.3 is 39.5 Å². The lowest BCUT2D eigenvalue weighted by Crippen LogP contribution is -2.30. The van der Waals surface area contributed by atoms with Gasteiger partial charge in [-0.25, -0.2) is 9.13 Å². The molecule has 0 aliphatic heterocycles. The highest BCUT2D eigenvalue weighted by atomic mass is 31.2. The molecule has 0 aliphatic rings. The molecule has 108 heavy (non-hydrogen) atoms. The fraction of sp³-hybridized carbons (Fsp3) is 0.955. The van der Waals surface area contributed by atoms with E-state index in [1.54, 1.807) is 0 Å². The predicted octanol–water partition coefficient (Wildman–Crippen LogP) is 27.3. The van der Waals surface area contributed by atoms with E-state index in [2.05, 4.69) is 48.5 Å². The van der Waals surface area contributed by atoms with Crippen LogP contribution in [0.2, 0.25) is 0 Å². The van der Waals surface area contributed by atoms with Crippen LogP contribution in [0.3, 0.4) is 0 Å². The Balaban J connectivity index is 5.25. The number of unbranched alkanes of at least 4 members (excludes halogenated alkanes) is 53. The quantitative estimate of drug-likeness (QED) is 0.0222. The molecule has 0 aliphatic carbocycles. The lowest BCUT2D eigenvalue weighted by atomic mass is 9.99. The van der Waals surface area contributed by atoms with Crippen LogP contribution in [0.15, 0.2) is 0 Å². The van der Waals surface area contributed by atoms with Crippen LogP contribution in [0.4, 0.5) is 0 Å². The van der Waals surface area contributed by atoms with Crippen molar-refractivity contribution in [2.45, 2.75) is 491 Å². The van der Waals surface area contributed by atoms with Crippen molar-refractivity contribution in [3.63, 3.8) is 0 Å². The third-order valence-electron chi connectivity index (χ3n) is 21.6. The Kier molecular flexibility index (Phi) is 77.5. The molecule has 0 aromatic rings. The van der Waals surface area contributed by atoms with Crippen LogP contribution < -0.4 is 0 Å². The normalized spacial score (nSPS) is 14.3. The maximum Gasteiger partial charge on any atom is 0.472 e. The average molecular weight is 1580 g/mol. The molecule has 0 saturated heterocycles. The molecule has 0 aromatic carbocycles. The SMILES string of the molecule is CCCCCCCCCCCCCCCCCCCCCCCC(=O)O[C@H](COC(=O)CCCCCCCCCCCCCCCCC(C)CC)COP(=O)(O)OC[C@@H](O)COP(=O)(O)OC[C@@H](COC(=O)CCCCCCCCCCC(C)C)OC(=O)CCCCCCCCCCCCCCCCC(C)CC. The Morgan fingerprint density at radius 1 is 0.269 bits per heavy atom. The number of aliphatic hydroxyl groups excluding tert-OH is 1. The monoisotopic (exact) mass is 1580 g/mol. The highest BCUT2D eigenvalue weighted by Crippen LogP contribution is 2.45. The summed E-state index contributed by atoms with van der Waals surface area (Å²) in [5.41, 5.74) is 0. The van der Waals surface area contributed by atoms with E-state index in [1.165, 1.54) is 283 Å². The number of phosphoric ester groups is 2. The highest BCUT2D eigenvalue weighted by molar-refractivity contribution is 7.47. The van der Waals surface area contributed by atoms with E-state index >= 15 is 0 Å². The highest BCUT2D eigenvalue weighted by Gasteiger charge is 2.31. The van der Waals surface area contributed by atoms with E-state index in [9.17, 15) is 43.2 Å². The largest absolute Gasteiger partial charge is 0.472 e. The van der Waals surface area contributed by atoms with Gasteiger partial charge in [0.1, 0.15) is 19.3 Å². The van der Waals surface area contributed by atoms with Crippen molar-refractivity contribution in [3.05, 3.63) is 0 Å². The summed E-state index contributed by atoms with van der Waals surface area (Å²) in [5, 5.41) is 10.7. The van der Waals surface area contributed by atoms with Crippen LogP contribution in [-0.4, -0.2) is 96.7 Å². The van der Waals surface area contributed by atoms with E-state index in [0.717, 1.165) is 108 Å². The fourth-order valence-electron chi connectivity index (χ4n) is 13.8. The number of ether oxygens (including phenoxy) is 4. The first kappa shape index (κ1) is 106. The minimum atomic E-state index is -4.97. The van der Waals surface area contributed by atoms with Crippen molar-refractivity contribution in [3.8, 4) is 0 Å². The fourth-order valence-corrected chi connectivity index (χ4v) is 15.4. The number of esters is 4. The van der Waals surface area contributed by atoms with Gasteiger partial charge < -0.3 is 33.8 Å². The number of rotatable bonds is 87. The Labute approximate surface area is 664 Å². The van der Waals surface area contributed by atoms with Gasteiger partial charge in [0.15, 0.2) is 12.2 Å². The lowest BCUT2D eigenvalue weighted by molar-refractivity contribution is -0.161. The van der Waals surface area contributed by atoms with E-state index in [0.29, 0.717) is 25.7 Å². The summed E-state index contributed by atoms with van der Waals surface area (Å²) in [4.78, 5) is 73.3. The van der Waals surface area contributed by atoms with Gasteiger partial charge in [-0.05, 0) is 43.4 Å². The van der Waals surface area contributed by atoms with Gasteiger partial charge in [-0.2, -0.15) is 0 Å². The minimum absolute atomic E-state index is 0.107. The zero-order valence-electron chi connectivity index (χ0n) is 71.3. The maximum absolute atomic E-state index is 13.2. The molecule has 3 N–H and O–H groups in total. The second-order valence-electron chi connectivity index (χ2n) is 32.9. The van der Waals surface area contributed by atoms with E-state index in [-0.39, 0.29) is 25.7 Å². The number of hydrogen-bond donors (Lipinski definition) is 3. The van der Waals surface area contributed by atoms with Gasteiger partial charge in [0.2, 0.25) is 0 Å². The second kappa shape index (κ2) is 78.9. The second-order valence-corrected chi connectivity index (χ2v) is 35.9. The standard InChI is InChI=1S/C89H174O17P2/c1-8-11-12-13-14-15-16-17-18-19-20-21-22-23-24-32-37-42-51-58-65-72-88(93)105-84(76-99-86(91)70-63-56-49-41-36-31-27-25-29-34-39-47-54-61-68-81(6)9-2)78-103-107(95,96)101-74-83(90)75-102-108(97,98)104-79-85(77-100-87(92)71-64-57-50-45-44-46-53-60-67-80(4)5)106-89(94)73-66-59-52-43-38-33-28-26-30-35-40-48-55-62-69-82(7)10-3/h80-85,90H,8-79H2,1-7H3,(H,95,96)(H,97,98)/t81?,82?,83-,84-,85-/m1/s1. The van der Waals surface area contributed by atoms with Crippen LogP contribution in [0.1, 0.15) is 472 Å². The molecule has 0 spiro atoms.